The van der Waals surface area contributed by atoms with Gasteiger partial charge in [-0.15, -0.1) is 0 Å². The second-order valence-electron chi connectivity index (χ2n) is 24.5. The number of esters is 3. The van der Waals surface area contributed by atoms with Gasteiger partial charge in [0, 0.05) is 19.3 Å². The number of unbranched alkanes of at least 4 members (excludes halogenated alkanes) is 54. The summed E-state index contributed by atoms with van der Waals surface area (Å²) in [6, 6.07) is 0. The van der Waals surface area contributed by atoms with Crippen molar-refractivity contribution in [2.45, 2.75) is 419 Å². The third-order valence-electron chi connectivity index (χ3n) is 16.5. The third kappa shape index (κ3) is 65.0. The van der Waals surface area contributed by atoms with E-state index in [1.54, 1.807) is 0 Å². The Hall–Kier alpha value is -1.85. The molecule has 0 aliphatic carbocycles. The molecule has 0 spiro atoms. The highest BCUT2D eigenvalue weighted by atomic mass is 16.6. The maximum atomic E-state index is 13.0. The van der Waals surface area contributed by atoms with Gasteiger partial charge in [0.25, 0.3) is 0 Å². The van der Waals surface area contributed by atoms with Crippen molar-refractivity contribution in [3.8, 4) is 0 Å². The quantitative estimate of drug-likeness (QED) is 0.0261. The third-order valence-corrected chi connectivity index (χ3v) is 16.5. The number of rotatable bonds is 67. The van der Waals surface area contributed by atoms with Crippen LogP contribution in [0, 0.1) is 0 Å². The van der Waals surface area contributed by atoms with E-state index in [4.69, 9.17) is 14.2 Å². The van der Waals surface area contributed by atoms with Crippen molar-refractivity contribution in [1.82, 2.24) is 0 Å². The molecular weight excluding hydrogens is 961 g/mol. The number of allylic oxidation sites excluding steroid dienone is 2. The van der Waals surface area contributed by atoms with Crippen LogP contribution >= 0.6 is 0 Å². The molecule has 0 N–H and O–H groups in total. The molecule has 0 amide bonds. The first kappa shape index (κ1) is 76.1. The van der Waals surface area contributed by atoms with Crippen LogP contribution in [0.2, 0.25) is 0 Å². The van der Waals surface area contributed by atoms with Crippen LogP contribution in [0.5, 0.6) is 0 Å². The summed E-state index contributed by atoms with van der Waals surface area (Å²) < 4.78 is 17.0. The van der Waals surface area contributed by atoms with Crippen molar-refractivity contribution >= 4 is 17.9 Å². The number of ether oxygens (including phenoxy) is 3. The number of hydrogen-bond donors (Lipinski definition) is 0. The van der Waals surface area contributed by atoms with E-state index in [0.29, 0.717) is 19.3 Å². The van der Waals surface area contributed by atoms with Gasteiger partial charge in [0.15, 0.2) is 6.10 Å². The molecule has 6 nitrogen and oxygen atoms in total. The molecule has 0 saturated heterocycles. The van der Waals surface area contributed by atoms with E-state index in [9.17, 15) is 14.4 Å². The molecule has 6 heteroatoms. The van der Waals surface area contributed by atoms with Crippen LogP contribution in [0.3, 0.4) is 0 Å². The predicted octanol–water partition coefficient (Wildman–Crippen LogP) is 24.4. The lowest BCUT2D eigenvalue weighted by atomic mass is 10.0. The van der Waals surface area contributed by atoms with Crippen LogP contribution < -0.4 is 0 Å². The highest BCUT2D eigenvalue weighted by Gasteiger charge is 2.19. The SMILES string of the molecule is CCCCCCCCCC/C=C\CCCCCCCCCCCCCCCC(=O)OCC(COC(=O)CCCCCCCCCCCCCCCCCC)OC(=O)CCCCCCCCCCCCCCCCCCCCC. The summed E-state index contributed by atoms with van der Waals surface area (Å²) in [7, 11) is 0. The molecule has 78 heavy (non-hydrogen) atoms. The van der Waals surface area contributed by atoms with Gasteiger partial charge in [-0.05, 0) is 44.9 Å². The molecule has 0 aliphatic rings. The maximum Gasteiger partial charge on any atom is 0.306 e. The highest BCUT2D eigenvalue weighted by molar-refractivity contribution is 5.71. The minimum Gasteiger partial charge on any atom is -0.462 e. The number of carbonyl (C=O) groups excluding carboxylic acids is 3. The molecule has 0 aromatic carbocycles. The first-order valence-electron chi connectivity index (χ1n) is 35.7. The van der Waals surface area contributed by atoms with Crippen molar-refractivity contribution in [2.75, 3.05) is 13.2 Å². The monoisotopic (exact) mass is 1100 g/mol. The van der Waals surface area contributed by atoms with Gasteiger partial charge in [-0.3, -0.25) is 14.4 Å². The molecule has 0 aromatic rings. The smallest absolute Gasteiger partial charge is 0.306 e. The van der Waals surface area contributed by atoms with Crippen LogP contribution in [-0.4, -0.2) is 37.2 Å². The zero-order valence-electron chi connectivity index (χ0n) is 53.2. The van der Waals surface area contributed by atoms with Gasteiger partial charge >= 0.3 is 17.9 Å². The molecule has 1 atom stereocenters. The first-order valence-corrected chi connectivity index (χ1v) is 35.7. The van der Waals surface area contributed by atoms with E-state index in [-0.39, 0.29) is 31.1 Å². The summed E-state index contributed by atoms with van der Waals surface area (Å²) >= 11 is 0. The standard InChI is InChI=1S/C72H138O6/c1-4-7-10-13-16-19-22-25-28-31-33-34-35-36-37-38-40-41-44-47-50-53-56-59-62-65-71(74)77-68-69(67-76-70(73)64-61-58-55-52-49-46-43-30-27-24-21-18-15-12-9-6-3)78-72(75)66-63-60-57-54-51-48-45-42-39-32-29-26-23-20-17-14-11-8-5-2/h31,33,69H,4-30,32,34-68H2,1-3H3/b33-31-. The van der Waals surface area contributed by atoms with E-state index >= 15 is 0 Å². The molecule has 1 unspecified atom stereocenters. The van der Waals surface area contributed by atoms with E-state index in [1.807, 2.05) is 0 Å². The zero-order valence-corrected chi connectivity index (χ0v) is 53.2. The lowest BCUT2D eigenvalue weighted by molar-refractivity contribution is -0.167. The minimum atomic E-state index is -0.766. The van der Waals surface area contributed by atoms with E-state index in [0.717, 1.165) is 57.8 Å². The van der Waals surface area contributed by atoms with E-state index < -0.39 is 6.10 Å². The first-order chi connectivity index (χ1) is 38.5. The Balaban J connectivity index is 4.24. The highest BCUT2D eigenvalue weighted by Crippen LogP contribution is 2.19. The molecule has 0 bridgehead atoms. The molecule has 0 radical (unpaired) electrons. The second kappa shape index (κ2) is 67.7. The Morgan fingerprint density at radius 2 is 0.423 bits per heavy atom. The van der Waals surface area contributed by atoms with Crippen molar-refractivity contribution in [3.05, 3.63) is 12.2 Å². The van der Waals surface area contributed by atoms with E-state index in [2.05, 4.69) is 32.9 Å². The zero-order chi connectivity index (χ0) is 56.4. The summed E-state index contributed by atoms with van der Waals surface area (Å²) in [5.41, 5.74) is 0. The van der Waals surface area contributed by atoms with Crippen LogP contribution in [0.15, 0.2) is 12.2 Å². The van der Waals surface area contributed by atoms with Crippen molar-refractivity contribution in [3.63, 3.8) is 0 Å². The number of carbonyl (C=O) groups is 3. The average Bonchev–Trinajstić information content (AvgIpc) is 3.44. The summed E-state index contributed by atoms with van der Waals surface area (Å²) in [5.74, 6) is -0.824. The Morgan fingerprint density at radius 3 is 0.641 bits per heavy atom. The largest absolute Gasteiger partial charge is 0.462 e. The van der Waals surface area contributed by atoms with Gasteiger partial charge < -0.3 is 14.2 Å². The summed E-state index contributed by atoms with van der Waals surface area (Å²) in [6.07, 6.45) is 80.9. The van der Waals surface area contributed by atoms with Gasteiger partial charge in [-0.25, -0.2) is 0 Å². The fourth-order valence-electron chi connectivity index (χ4n) is 11.2. The fraction of sp³-hybridized carbons (Fsp3) is 0.931. The lowest BCUT2D eigenvalue weighted by Gasteiger charge is -2.18. The molecule has 0 aliphatic heterocycles. The second-order valence-corrected chi connectivity index (χ2v) is 24.5. The molecule has 0 fully saturated rings. The van der Waals surface area contributed by atoms with Gasteiger partial charge in [0.05, 0.1) is 0 Å². The maximum absolute atomic E-state index is 13.0. The summed E-state index contributed by atoms with van der Waals surface area (Å²) in [5, 5.41) is 0. The van der Waals surface area contributed by atoms with Crippen LogP contribution in [-0.2, 0) is 28.6 Å². The Labute approximate surface area is 488 Å². The van der Waals surface area contributed by atoms with Gasteiger partial charge in [0.2, 0.25) is 0 Å². The van der Waals surface area contributed by atoms with Crippen LogP contribution in [0.25, 0.3) is 0 Å². The van der Waals surface area contributed by atoms with E-state index in [1.165, 1.54) is 315 Å². The van der Waals surface area contributed by atoms with Crippen molar-refractivity contribution in [2.24, 2.45) is 0 Å². The minimum absolute atomic E-state index is 0.0623. The fourth-order valence-corrected chi connectivity index (χ4v) is 11.2. The predicted molar refractivity (Wildman–Crippen MR) is 340 cm³/mol. The van der Waals surface area contributed by atoms with Gasteiger partial charge in [-0.2, -0.15) is 0 Å². The van der Waals surface area contributed by atoms with Gasteiger partial charge in [-0.1, -0.05) is 360 Å². The van der Waals surface area contributed by atoms with Crippen molar-refractivity contribution < 1.29 is 28.6 Å². The average molecular weight is 1100 g/mol. The van der Waals surface area contributed by atoms with Crippen LogP contribution in [0.4, 0.5) is 0 Å². The van der Waals surface area contributed by atoms with Crippen molar-refractivity contribution in [1.29, 1.82) is 0 Å². The molecular formula is C72H138O6. The topological polar surface area (TPSA) is 78.9 Å². The number of hydrogen-bond acceptors (Lipinski definition) is 6. The lowest BCUT2D eigenvalue weighted by Crippen LogP contribution is -2.30. The molecule has 0 aromatic heterocycles. The normalized spacial score (nSPS) is 12.0. The Kier molecular flexibility index (Phi) is 66.0. The van der Waals surface area contributed by atoms with Crippen LogP contribution in [0.1, 0.15) is 412 Å². The molecule has 0 saturated carbocycles. The summed E-state index contributed by atoms with van der Waals surface area (Å²) in [6.45, 7) is 6.74. The molecule has 0 rings (SSSR count). The van der Waals surface area contributed by atoms with Gasteiger partial charge in [0.1, 0.15) is 13.2 Å². The Morgan fingerprint density at radius 1 is 0.244 bits per heavy atom. The molecule has 0 heterocycles. The summed E-state index contributed by atoms with van der Waals surface area (Å²) in [4.78, 5) is 38.5. The Bertz CT molecular complexity index is 1210. The molecule has 462 valence electrons.